The van der Waals surface area contributed by atoms with Gasteiger partial charge in [0.2, 0.25) is 0 Å². The van der Waals surface area contributed by atoms with Crippen molar-refractivity contribution in [3.8, 4) is 33.4 Å². The van der Waals surface area contributed by atoms with Crippen molar-refractivity contribution in [3.05, 3.63) is 162 Å². The molecule has 0 aliphatic heterocycles. The van der Waals surface area contributed by atoms with Crippen molar-refractivity contribution in [1.82, 2.24) is 4.57 Å². The summed E-state index contributed by atoms with van der Waals surface area (Å²) in [7, 11) is 0. The molecule has 0 amide bonds. The van der Waals surface area contributed by atoms with Crippen LogP contribution in [-0.2, 0) is 12.1 Å². The Kier molecular flexibility index (Phi) is 6.69. The lowest BCUT2D eigenvalue weighted by Gasteiger charge is -2.21. The SMILES string of the molecule is CC1(C)c2ccccc2-c2cc3c4ccccc4n(CN=CC=C(N)c4cccc(-c5ccc(-c6ccccc6)cc5)c4)c3cc21. The monoisotopic (exact) mass is 593 g/mol. The third kappa shape index (κ3) is 4.64. The van der Waals surface area contributed by atoms with Gasteiger partial charge in [0, 0.05) is 28.1 Å². The summed E-state index contributed by atoms with van der Waals surface area (Å²) >= 11 is 0. The highest BCUT2D eigenvalue weighted by Crippen LogP contribution is 2.50. The molecule has 7 aromatic rings. The summed E-state index contributed by atoms with van der Waals surface area (Å²) in [6.07, 6.45) is 3.74. The molecule has 0 fully saturated rings. The van der Waals surface area contributed by atoms with Gasteiger partial charge in [0.25, 0.3) is 0 Å². The number of rotatable bonds is 6. The van der Waals surface area contributed by atoms with E-state index in [0.717, 1.165) is 16.7 Å². The normalized spacial score (nSPS) is 13.8. The Morgan fingerprint density at radius 3 is 2.11 bits per heavy atom. The number of hydrogen-bond donors (Lipinski definition) is 1. The maximum absolute atomic E-state index is 6.58. The lowest BCUT2D eigenvalue weighted by atomic mass is 9.82. The standard InChI is InChI=1S/C43H35N3/c1-43(2)38-17-8-6-15-34(38)36-26-37-35-16-7-9-18-41(35)46(42(37)27-39(36)43)28-45-24-23-40(44)33-14-10-13-32(25-33)31-21-19-30(20-22-31)29-11-4-3-5-12-29/h3-27H,28,44H2,1-2H3. The summed E-state index contributed by atoms with van der Waals surface area (Å²) in [5.41, 5.74) is 20.7. The third-order valence-corrected chi connectivity index (χ3v) is 9.58. The van der Waals surface area contributed by atoms with Gasteiger partial charge in [-0.2, -0.15) is 0 Å². The number of aromatic nitrogens is 1. The number of para-hydroxylation sites is 1. The first kappa shape index (κ1) is 27.8. The molecule has 1 aromatic heterocycles. The largest absolute Gasteiger partial charge is 0.398 e. The summed E-state index contributed by atoms with van der Waals surface area (Å²) in [6.45, 7) is 5.17. The highest BCUT2D eigenvalue weighted by molar-refractivity contribution is 6.10. The van der Waals surface area contributed by atoms with Gasteiger partial charge in [-0.15, -0.1) is 0 Å². The van der Waals surface area contributed by atoms with Crippen molar-refractivity contribution in [1.29, 1.82) is 0 Å². The fourth-order valence-corrected chi connectivity index (χ4v) is 7.12. The van der Waals surface area contributed by atoms with Gasteiger partial charge < -0.3 is 10.3 Å². The molecule has 0 spiro atoms. The van der Waals surface area contributed by atoms with Crippen LogP contribution in [0.15, 0.2) is 151 Å². The van der Waals surface area contributed by atoms with Gasteiger partial charge in [-0.3, -0.25) is 4.99 Å². The van der Waals surface area contributed by atoms with Gasteiger partial charge in [-0.05, 0) is 80.4 Å². The number of benzene rings is 6. The first-order chi connectivity index (χ1) is 22.5. The van der Waals surface area contributed by atoms with Crippen LogP contribution in [0.4, 0.5) is 0 Å². The van der Waals surface area contributed by atoms with Gasteiger partial charge in [0.05, 0.1) is 11.0 Å². The molecule has 1 aliphatic carbocycles. The van der Waals surface area contributed by atoms with E-state index in [2.05, 4.69) is 152 Å². The Hall–Kier alpha value is -5.67. The quantitative estimate of drug-likeness (QED) is 0.192. The molecule has 0 saturated carbocycles. The topological polar surface area (TPSA) is 43.3 Å². The number of nitrogens with zero attached hydrogens (tertiary/aromatic N) is 2. The minimum absolute atomic E-state index is 0.0552. The fourth-order valence-electron chi connectivity index (χ4n) is 7.12. The van der Waals surface area contributed by atoms with E-state index < -0.39 is 0 Å². The van der Waals surface area contributed by atoms with Crippen LogP contribution in [0.2, 0.25) is 0 Å². The minimum Gasteiger partial charge on any atom is -0.398 e. The van der Waals surface area contributed by atoms with Crippen molar-refractivity contribution in [2.75, 3.05) is 0 Å². The summed E-state index contributed by atoms with van der Waals surface area (Å²) in [5.74, 6) is 0. The number of aliphatic imine (C=N–C) groups is 1. The average molecular weight is 594 g/mol. The van der Waals surface area contributed by atoms with Crippen molar-refractivity contribution < 1.29 is 0 Å². The average Bonchev–Trinajstić information content (AvgIpc) is 3.54. The highest BCUT2D eigenvalue weighted by atomic mass is 15.1. The van der Waals surface area contributed by atoms with Crippen LogP contribution < -0.4 is 5.73 Å². The zero-order chi connectivity index (χ0) is 31.3. The summed E-state index contributed by atoms with van der Waals surface area (Å²) < 4.78 is 2.32. The first-order valence-corrected chi connectivity index (χ1v) is 15.9. The predicted molar refractivity (Wildman–Crippen MR) is 195 cm³/mol. The molecule has 0 radical (unpaired) electrons. The molecule has 0 saturated heterocycles. The minimum atomic E-state index is -0.0552. The molecular weight excluding hydrogens is 558 g/mol. The van der Waals surface area contributed by atoms with Crippen LogP contribution in [0.25, 0.3) is 60.9 Å². The Bertz CT molecular complexity index is 2300. The molecule has 8 rings (SSSR count). The van der Waals surface area contributed by atoms with Crippen LogP contribution in [-0.4, -0.2) is 10.8 Å². The molecule has 2 N–H and O–H groups in total. The van der Waals surface area contributed by atoms with Gasteiger partial charge >= 0.3 is 0 Å². The second kappa shape index (κ2) is 11.0. The van der Waals surface area contributed by atoms with E-state index in [-0.39, 0.29) is 5.41 Å². The molecule has 6 aromatic carbocycles. The number of fused-ring (bicyclic) bond motifs is 6. The predicted octanol–water partition coefficient (Wildman–Crippen LogP) is 10.5. The Labute approximate surface area is 270 Å². The van der Waals surface area contributed by atoms with Crippen molar-refractivity contribution in [2.24, 2.45) is 10.7 Å². The molecule has 0 atom stereocenters. The molecule has 222 valence electrons. The van der Waals surface area contributed by atoms with E-state index in [1.54, 1.807) is 0 Å². The second-order valence-corrected chi connectivity index (χ2v) is 12.6. The van der Waals surface area contributed by atoms with E-state index in [0.29, 0.717) is 12.4 Å². The molecule has 3 heteroatoms. The molecular formula is C43H35N3. The Morgan fingerprint density at radius 2 is 1.28 bits per heavy atom. The molecule has 46 heavy (non-hydrogen) atoms. The molecule has 3 nitrogen and oxygen atoms in total. The maximum Gasteiger partial charge on any atom is 0.114 e. The summed E-state index contributed by atoms with van der Waals surface area (Å²) in [5, 5.41) is 2.52. The zero-order valence-corrected chi connectivity index (χ0v) is 26.1. The van der Waals surface area contributed by atoms with Gasteiger partial charge in [0.15, 0.2) is 0 Å². The van der Waals surface area contributed by atoms with E-state index in [9.17, 15) is 0 Å². The van der Waals surface area contributed by atoms with E-state index in [1.165, 1.54) is 55.2 Å². The Balaban J connectivity index is 1.08. The third-order valence-electron chi connectivity index (χ3n) is 9.58. The van der Waals surface area contributed by atoms with E-state index >= 15 is 0 Å². The lowest BCUT2D eigenvalue weighted by molar-refractivity contribution is 0.660. The Morgan fingerprint density at radius 1 is 0.609 bits per heavy atom. The van der Waals surface area contributed by atoms with Crippen LogP contribution in [0, 0.1) is 0 Å². The molecule has 0 bridgehead atoms. The van der Waals surface area contributed by atoms with E-state index in [1.807, 2.05) is 18.4 Å². The molecule has 1 aliphatic rings. The van der Waals surface area contributed by atoms with Gasteiger partial charge in [0.1, 0.15) is 6.67 Å². The fraction of sp³-hybridized carbons (Fsp3) is 0.0930. The number of nitrogens with two attached hydrogens (primary N) is 1. The van der Waals surface area contributed by atoms with Crippen LogP contribution in [0.3, 0.4) is 0 Å². The maximum atomic E-state index is 6.58. The lowest BCUT2D eigenvalue weighted by Crippen LogP contribution is -2.15. The van der Waals surface area contributed by atoms with E-state index in [4.69, 9.17) is 10.7 Å². The van der Waals surface area contributed by atoms with Gasteiger partial charge in [-0.1, -0.05) is 129 Å². The van der Waals surface area contributed by atoms with Crippen molar-refractivity contribution in [2.45, 2.75) is 25.9 Å². The second-order valence-electron chi connectivity index (χ2n) is 12.6. The molecule has 0 unspecified atom stereocenters. The van der Waals surface area contributed by atoms with Crippen LogP contribution in [0.1, 0.15) is 30.5 Å². The van der Waals surface area contributed by atoms with Crippen molar-refractivity contribution in [3.63, 3.8) is 0 Å². The van der Waals surface area contributed by atoms with Crippen LogP contribution in [0.5, 0.6) is 0 Å². The van der Waals surface area contributed by atoms with Gasteiger partial charge in [-0.25, -0.2) is 0 Å². The first-order valence-electron chi connectivity index (χ1n) is 15.9. The summed E-state index contributed by atoms with van der Waals surface area (Å²) in [4.78, 5) is 4.85. The van der Waals surface area contributed by atoms with Crippen molar-refractivity contribution >= 4 is 33.7 Å². The summed E-state index contributed by atoms with van der Waals surface area (Å²) in [6, 6.07) is 49.7. The highest BCUT2D eigenvalue weighted by Gasteiger charge is 2.35. The zero-order valence-electron chi connectivity index (χ0n) is 26.1. The molecule has 1 heterocycles. The number of hydrogen-bond acceptors (Lipinski definition) is 2. The number of allylic oxidation sites excluding steroid dienone is 1. The van der Waals surface area contributed by atoms with Crippen LogP contribution >= 0.6 is 0 Å². The smallest absolute Gasteiger partial charge is 0.114 e.